The van der Waals surface area contributed by atoms with Gasteiger partial charge in [0.1, 0.15) is 5.75 Å². The van der Waals surface area contributed by atoms with Gasteiger partial charge in [-0.05, 0) is 43.4 Å². The molecule has 3 nitrogen and oxygen atoms in total. The Hall–Kier alpha value is -1.51. The summed E-state index contributed by atoms with van der Waals surface area (Å²) in [7, 11) is 1.65. The van der Waals surface area contributed by atoms with Crippen LogP contribution in [-0.4, -0.2) is 18.6 Å². The average molecular weight is 261 g/mol. The third-order valence-corrected chi connectivity index (χ3v) is 4.65. The van der Waals surface area contributed by atoms with E-state index >= 15 is 0 Å². The zero-order valence-corrected chi connectivity index (χ0v) is 12.4. The van der Waals surface area contributed by atoms with E-state index in [4.69, 9.17) is 4.74 Å². The first-order chi connectivity index (χ1) is 8.77. The molecular formula is C16H23NO2. The molecule has 1 saturated heterocycles. The van der Waals surface area contributed by atoms with Gasteiger partial charge >= 0.3 is 0 Å². The number of amides is 1. The predicted octanol–water partition coefficient (Wildman–Crippen LogP) is 3.10. The lowest BCUT2D eigenvalue weighted by atomic mass is 9.65. The molecule has 1 unspecified atom stereocenters. The molecule has 1 atom stereocenters. The SMILES string of the molecule is COc1cccc(C2CC(C)(C)C(C)(C)NC2=O)c1. The van der Waals surface area contributed by atoms with Crippen LogP contribution >= 0.6 is 0 Å². The van der Waals surface area contributed by atoms with Gasteiger partial charge in [0.2, 0.25) is 5.91 Å². The largest absolute Gasteiger partial charge is 0.497 e. The van der Waals surface area contributed by atoms with Crippen LogP contribution in [0.1, 0.15) is 45.6 Å². The van der Waals surface area contributed by atoms with Crippen LogP contribution in [0.25, 0.3) is 0 Å². The van der Waals surface area contributed by atoms with Gasteiger partial charge in [-0.15, -0.1) is 0 Å². The summed E-state index contributed by atoms with van der Waals surface area (Å²) < 4.78 is 5.24. The second-order valence-electron chi connectivity index (χ2n) is 6.53. The van der Waals surface area contributed by atoms with Gasteiger partial charge in [-0.25, -0.2) is 0 Å². The van der Waals surface area contributed by atoms with E-state index in [2.05, 4.69) is 33.0 Å². The Morgan fingerprint density at radius 1 is 1.26 bits per heavy atom. The normalized spacial score (nSPS) is 24.7. The van der Waals surface area contributed by atoms with E-state index in [1.807, 2.05) is 24.3 Å². The summed E-state index contributed by atoms with van der Waals surface area (Å²) in [6, 6.07) is 7.80. The monoisotopic (exact) mass is 261 g/mol. The number of hydrogen-bond donors (Lipinski definition) is 1. The van der Waals surface area contributed by atoms with Crippen LogP contribution in [0.4, 0.5) is 0 Å². The van der Waals surface area contributed by atoms with Crippen molar-refractivity contribution >= 4 is 5.91 Å². The lowest BCUT2D eigenvalue weighted by molar-refractivity contribution is -0.130. The maximum absolute atomic E-state index is 12.3. The van der Waals surface area contributed by atoms with Crippen LogP contribution in [0.15, 0.2) is 24.3 Å². The quantitative estimate of drug-likeness (QED) is 0.888. The highest BCUT2D eigenvalue weighted by Crippen LogP contribution is 2.44. The second-order valence-corrected chi connectivity index (χ2v) is 6.53. The van der Waals surface area contributed by atoms with Crippen molar-refractivity contribution in [2.75, 3.05) is 7.11 Å². The van der Waals surface area contributed by atoms with Gasteiger partial charge in [-0.3, -0.25) is 4.79 Å². The Balaban J connectivity index is 2.33. The standard InChI is InChI=1S/C16H23NO2/c1-15(2)10-13(14(18)17-16(15,3)4)11-7-6-8-12(9-11)19-5/h6-9,13H,10H2,1-5H3,(H,17,18). The Labute approximate surface area is 115 Å². The van der Waals surface area contributed by atoms with E-state index in [1.54, 1.807) is 7.11 Å². The zero-order chi connectivity index (χ0) is 14.3. The number of methoxy groups -OCH3 is 1. The molecule has 1 aromatic carbocycles. The van der Waals surface area contributed by atoms with E-state index in [0.29, 0.717) is 0 Å². The van der Waals surface area contributed by atoms with Crippen LogP contribution in [0, 0.1) is 5.41 Å². The van der Waals surface area contributed by atoms with Crippen molar-refractivity contribution in [1.82, 2.24) is 5.32 Å². The Morgan fingerprint density at radius 2 is 1.95 bits per heavy atom. The van der Waals surface area contributed by atoms with Crippen molar-refractivity contribution in [2.24, 2.45) is 5.41 Å². The van der Waals surface area contributed by atoms with Gasteiger partial charge in [0.05, 0.1) is 13.0 Å². The summed E-state index contributed by atoms with van der Waals surface area (Å²) in [6.45, 7) is 8.60. The molecule has 3 heteroatoms. The topological polar surface area (TPSA) is 38.3 Å². The van der Waals surface area contributed by atoms with Crippen LogP contribution < -0.4 is 10.1 Å². The molecule has 1 aromatic rings. The first-order valence-electron chi connectivity index (χ1n) is 6.73. The summed E-state index contributed by atoms with van der Waals surface area (Å²) in [6.07, 6.45) is 0.846. The molecule has 0 saturated carbocycles. The number of piperidine rings is 1. The maximum atomic E-state index is 12.3. The number of carbonyl (C=O) groups is 1. The number of carbonyl (C=O) groups excluding carboxylic acids is 1. The molecular weight excluding hydrogens is 238 g/mol. The fourth-order valence-electron chi connectivity index (χ4n) is 2.55. The van der Waals surface area contributed by atoms with Crippen molar-refractivity contribution in [3.8, 4) is 5.75 Å². The highest BCUT2D eigenvalue weighted by molar-refractivity contribution is 5.85. The maximum Gasteiger partial charge on any atom is 0.227 e. The molecule has 0 aliphatic carbocycles. The van der Waals surface area contributed by atoms with Crippen molar-refractivity contribution < 1.29 is 9.53 Å². The molecule has 0 radical (unpaired) electrons. The fourth-order valence-corrected chi connectivity index (χ4v) is 2.55. The summed E-state index contributed by atoms with van der Waals surface area (Å²) in [5, 5.41) is 3.15. The zero-order valence-electron chi connectivity index (χ0n) is 12.4. The Bertz CT molecular complexity index is 491. The molecule has 0 bridgehead atoms. The molecule has 1 N–H and O–H groups in total. The van der Waals surface area contributed by atoms with E-state index in [-0.39, 0.29) is 22.8 Å². The van der Waals surface area contributed by atoms with Gasteiger partial charge < -0.3 is 10.1 Å². The van der Waals surface area contributed by atoms with Crippen molar-refractivity contribution in [1.29, 1.82) is 0 Å². The highest BCUT2D eigenvalue weighted by Gasteiger charge is 2.46. The van der Waals surface area contributed by atoms with Crippen molar-refractivity contribution in [3.63, 3.8) is 0 Å². The average Bonchev–Trinajstić information content (AvgIpc) is 2.34. The summed E-state index contributed by atoms with van der Waals surface area (Å²) in [5.74, 6) is 0.809. The Kier molecular flexibility index (Phi) is 3.33. The minimum absolute atomic E-state index is 0.0503. The van der Waals surface area contributed by atoms with Crippen molar-refractivity contribution in [3.05, 3.63) is 29.8 Å². The van der Waals surface area contributed by atoms with Crippen molar-refractivity contribution in [2.45, 2.75) is 45.6 Å². The third-order valence-electron chi connectivity index (χ3n) is 4.65. The summed E-state index contributed by atoms with van der Waals surface area (Å²) in [5.41, 5.74) is 0.897. The number of hydrogen-bond acceptors (Lipinski definition) is 2. The van der Waals surface area contributed by atoms with Crippen LogP contribution in [0.3, 0.4) is 0 Å². The van der Waals surface area contributed by atoms with Gasteiger partial charge in [0.15, 0.2) is 0 Å². The first kappa shape index (κ1) is 13.9. The fraction of sp³-hybridized carbons (Fsp3) is 0.562. The molecule has 2 rings (SSSR count). The third kappa shape index (κ3) is 2.46. The number of nitrogens with one attached hydrogen (secondary N) is 1. The molecule has 104 valence electrons. The molecule has 0 aromatic heterocycles. The van der Waals surface area contributed by atoms with E-state index in [0.717, 1.165) is 17.7 Å². The van der Waals surface area contributed by atoms with E-state index in [9.17, 15) is 4.79 Å². The van der Waals surface area contributed by atoms with Crippen LogP contribution in [-0.2, 0) is 4.79 Å². The molecule has 1 aliphatic heterocycles. The molecule has 1 fully saturated rings. The first-order valence-corrected chi connectivity index (χ1v) is 6.73. The number of rotatable bonds is 2. The molecule has 1 amide bonds. The van der Waals surface area contributed by atoms with Gasteiger partial charge in [0, 0.05) is 5.54 Å². The molecule has 19 heavy (non-hydrogen) atoms. The van der Waals surface area contributed by atoms with E-state index < -0.39 is 0 Å². The second kappa shape index (κ2) is 4.55. The lowest BCUT2D eigenvalue weighted by Crippen LogP contribution is -2.59. The number of ether oxygens (including phenoxy) is 1. The Morgan fingerprint density at radius 3 is 2.58 bits per heavy atom. The predicted molar refractivity (Wildman–Crippen MR) is 76.4 cm³/mol. The van der Waals surface area contributed by atoms with Crippen LogP contribution in [0.5, 0.6) is 5.75 Å². The van der Waals surface area contributed by atoms with E-state index in [1.165, 1.54) is 0 Å². The lowest BCUT2D eigenvalue weighted by Gasteiger charge is -2.48. The summed E-state index contributed by atoms with van der Waals surface area (Å²) >= 11 is 0. The van der Waals surface area contributed by atoms with Gasteiger partial charge in [0.25, 0.3) is 0 Å². The molecule has 1 aliphatic rings. The molecule has 0 spiro atoms. The minimum Gasteiger partial charge on any atom is -0.497 e. The van der Waals surface area contributed by atoms with Gasteiger partial charge in [-0.1, -0.05) is 26.0 Å². The summed E-state index contributed by atoms with van der Waals surface area (Å²) in [4.78, 5) is 12.3. The highest BCUT2D eigenvalue weighted by atomic mass is 16.5. The van der Waals surface area contributed by atoms with Gasteiger partial charge in [-0.2, -0.15) is 0 Å². The smallest absolute Gasteiger partial charge is 0.227 e. The minimum atomic E-state index is -0.181. The molecule has 1 heterocycles. The van der Waals surface area contributed by atoms with Crippen LogP contribution in [0.2, 0.25) is 0 Å². The number of benzene rings is 1.